The summed E-state index contributed by atoms with van der Waals surface area (Å²) in [4.78, 5) is 16.8. The van der Waals surface area contributed by atoms with Crippen molar-refractivity contribution < 1.29 is 9.53 Å². The molecule has 29 heavy (non-hydrogen) atoms. The lowest BCUT2D eigenvalue weighted by atomic mass is 10.1. The Morgan fingerprint density at radius 2 is 2.00 bits per heavy atom. The van der Waals surface area contributed by atoms with Crippen LogP contribution in [0.4, 0.5) is 0 Å². The van der Waals surface area contributed by atoms with E-state index in [2.05, 4.69) is 29.4 Å². The van der Waals surface area contributed by atoms with Gasteiger partial charge < -0.3 is 10.1 Å². The molecule has 1 aromatic heterocycles. The van der Waals surface area contributed by atoms with Crippen molar-refractivity contribution in [2.75, 3.05) is 6.61 Å². The number of carbonyl (C=O) groups excluding carboxylic acids is 1. The molecule has 3 aromatic rings. The van der Waals surface area contributed by atoms with Crippen molar-refractivity contribution in [3.05, 3.63) is 84.1 Å². The van der Waals surface area contributed by atoms with Gasteiger partial charge in [-0.2, -0.15) is 0 Å². The number of pyridine rings is 1. The highest BCUT2D eigenvalue weighted by molar-refractivity contribution is 5.97. The van der Waals surface area contributed by atoms with E-state index in [1.807, 2.05) is 48.5 Å². The zero-order chi connectivity index (χ0) is 20.3. The number of nitrogens with zero attached hydrogens (tertiary/aromatic N) is 1. The van der Waals surface area contributed by atoms with Crippen LogP contribution in [0.5, 0.6) is 5.75 Å². The normalized spacial score (nSPS) is 11.1. The van der Waals surface area contributed by atoms with Crippen molar-refractivity contribution in [1.29, 1.82) is 0 Å². The zero-order valence-electron chi connectivity index (χ0n) is 16.9. The minimum absolute atomic E-state index is 0.0943. The molecule has 0 saturated carbocycles. The smallest absolute Gasteiger partial charge is 0.251 e. The summed E-state index contributed by atoms with van der Waals surface area (Å²) in [6, 6.07) is 17.3. The zero-order valence-corrected chi connectivity index (χ0v) is 16.9. The van der Waals surface area contributed by atoms with Gasteiger partial charge in [0.25, 0.3) is 5.91 Å². The Labute approximate surface area is 172 Å². The van der Waals surface area contributed by atoms with E-state index in [9.17, 15) is 4.79 Å². The first-order valence-electron chi connectivity index (χ1n) is 10.2. The minimum atomic E-state index is -0.0943. The molecular weight excluding hydrogens is 360 g/mol. The summed E-state index contributed by atoms with van der Waals surface area (Å²) >= 11 is 0. The number of hydrogen-bond acceptors (Lipinski definition) is 3. The number of fused-ring (bicyclic) bond motifs is 1. The van der Waals surface area contributed by atoms with Gasteiger partial charge in [0.15, 0.2) is 0 Å². The van der Waals surface area contributed by atoms with Crippen molar-refractivity contribution in [1.82, 2.24) is 10.3 Å². The van der Waals surface area contributed by atoms with Gasteiger partial charge in [0, 0.05) is 23.7 Å². The van der Waals surface area contributed by atoms with Crippen LogP contribution in [0.1, 0.15) is 48.5 Å². The van der Waals surface area contributed by atoms with Crippen molar-refractivity contribution >= 4 is 16.8 Å². The highest BCUT2D eigenvalue weighted by atomic mass is 16.5. The van der Waals surface area contributed by atoms with E-state index in [1.165, 1.54) is 12.8 Å². The Bertz CT molecular complexity index is 966. The summed E-state index contributed by atoms with van der Waals surface area (Å²) in [6.07, 6.45) is 10.6. The molecule has 0 saturated heterocycles. The average molecular weight is 389 g/mol. The molecule has 0 fully saturated rings. The molecule has 0 bridgehead atoms. The molecule has 3 rings (SSSR count). The predicted molar refractivity (Wildman–Crippen MR) is 118 cm³/mol. The van der Waals surface area contributed by atoms with Gasteiger partial charge in [0.2, 0.25) is 0 Å². The first-order chi connectivity index (χ1) is 14.3. The van der Waals surface area contributed by atoms with E-state index in [4.69, 9.17) is 4.74 Å². The molecule has 150 valence electrons. The van der Waals surface area contributed by atoms with Crippen LogP contribution in [-0.4, -0.2) is 17.5 Å². The summed E-state index contributed by atoms with van der Waals surface area (Å²) in [7, 11) is 0. The van der Waals surface area contributed by atoms with Crippen LogP contribution in [0.3, 0.4) is 0 Å². The third kappa shape index (κ3) is 6.46. The van der Waals surface area contributed by atoms with Gasteiger partial charge in [0.05, 0.1) is 12.1 Å². The minimum Gasteiger partial charge on any atom is -0.494 e. The number of benzene rings is 2. The highest BCUT2D eigenvalue weighted by Crippen LogP contribution is 2.16. The Morgan fingerprint density at radius 1 is 1.07 bits per heavy atom. The van der Waals surface area contributed by atoms with Crippen LogP contribution in [0.15, 0.2) is 72.9 Å². The standard InChI is InChI=1S/C25H28N2O2/c1-2-3-4-5-6-7-16-29-23-12-8-10-20(17-23)19-27-25(28)22-13-14-24-21(18-22)11-9-15-26-24/h2-3,8-15,17-18H,4-7,16,19H2,1H3,(H,27,28)/b3-2+. The summed E-state index contributed by atoms with van der Waals surface area (Å²) in [5.41, 5.74) is 2.54. The number of nitrogens with one attached hydrogen (secondary N) is 1. The molecule has 1 N–H and O–H groups in total. The van der Waals surface area contributed by atoms with Crippen molar-refractivity contribution in [2.24, 2.45) is 0 Å². The molecule has 0 aliphatic heterocycles. The molecular formula is C25H28N2O2. The van der Waals surface area contributed by atoms with Crippen molar-refractivity contribution in [3.8, 4) is 5.75 Å². The quantitative estimate of drug-likeness (QED) is 0.359. The molecule has 0 atom stereocenters. The summed E-state index contributed by atoms with van der Waals surface area (Å²) in [6.45, 7) is 3.24. The Balaban J connectivity index is 1.47. The molecule has 1 amide bonds. The monoisotopic (exact) mass is 388 g/mol. The molecule has 4 nitrogen and oxygen atoms in total. The number of unbranched alkanes of at least 4 members (excludes halogenated alkanes) is 3. The Kier molecular flexibility index (Phi) is 7.81. The maximum Gasteiger partial charge on any atom is 0.251 e. The van der Waals surface area contributed by atoms with E-state index < -0.39 is 0 Å². The van der Waals surface area contributed by atoms with Gasteiger partial charge in [-0.05, 0) is 74.6 Å². The molecule has 1 heterocycles. The number of rotatable bonds is 10. The predicted octanol–water partition coefficient (Wildman–Crippen LogP) is 5.68. The first kappa shape index (κ1) is 20.6. The van der Waals surface area contributed by atoms with Gasteiger partial charge in [-0.15, -0.1) is 0 Å². The Morgan fingerprint density at radius 3 is 2.90 bits per heavy atom. The van der Waals surface area contributed by atoms with Gasteiger partial charge >= 0.3 is 0 Å². The van der Waals surface area contributed by atoms with E-state index in [1.54, 1.807) is 12.3 Å². The van der Waals surface area contributed by atoms with Crippen LogP contribution < -0.4 is 10.1 Å². The number of aromatic nitrogens is 1. The molecule has 0 radical (unpaired) electrons. The van der Waals surface area contributed by atoms with Gasteiger partial charge in [-0.3, -0.25) is 9.78 Å². The van der Waals surface area contributed by atoms with Crippen LogP contribution >= 0.6 is 0 Å². The lowest BCUT2D eigenvalue weighted by Crippen LogP contribution is -2.22. The third-order valence-electron chi connectivity index (χ3n) is 4.74. The van der Waals surface area contributed by atoms with E-state index in [-0.39, 0.29) is 5.91 Å². The number of carbonyl (C=O) groups is 1. The van der Waals surface area contributed by atoms with Crippen LogP contribution in [0.25, 0.3) is 10.9 Å². The Hall–Kier alpha value is -3.14. The molecule has 0 spiro atoms. The number of allylic oxidation sites excluding steroid dienone is 2. The second-order valence-corrected chi connectivity index (χ2v) is 7.01. The summed E-state index contributed by atoms with van der Waals surface area (Å²) < 4.78 is 5.86. The lowest BCUT2D eigenvalue weighted by Gasteiger charge is -2.09. The lowest BCUT2D eigenvalue weighted by molar-refractivity contribution is 0.0951. The van der Waals surface area contributed by atoms with Crippen LogP contribution in [0, 0.1) is 0 Å². The van der Waals surface area contributed by atoms with Gasteiger partial charge in [0.1, 0.15) is 5.75 Å². The fourth-order valence-electron chi connectivity index (χ4n) is 3.14. The van der Waals surface area contributed by atoms with Gasteiger partial charge in [-0.1, -0.05) is 30.4 Å². The largest absolute Gasteiger partial charge is 0.494 e. The fourth-order valence-corrected chi connectivity index (χ4v) is 3.14. The molecule has 2 aromatic carbocycles. The number of ether oxygens (including phenoxy) is 1. The van der Waals surface area contributed by atoms with Crippen molar-refractivity contribution in [2.45, 2.75) is 39.2 Å². The summed E-state index contributed by atoms with van der Waals surface area (Å²) in [5.74, 6) is 0.755. The van der Waals surface area contributed by atoms with Gasteiger partial charge in [-0.25, -0.2) is 0 Å². The van der Waals surface area contributed by atoms with E-state index in [0.717, 1.165) is 41.7 Å². The van der Waals surface area contributed by atoms with Crippen LogP contribution in [-0.2, 0) is 6.54 Å². The maximum absolute atomic E-state index is 12.5. The molecule has 4 heteroatoms. The van der Waals surface area contributed by atoms with Crippen molar-refractivity contribution in [3.63, 3.8) is 0 Å². The SMILES string of the molecule is C/C=C/CCCCCOc1cccc(CNC(=O)c2ccc3ncccc3c2)c1. The maximum atomic E-state index is 12.5. The topological polar surface area (TPSA) is 51.2 Å². The molecule has 0 aliphatic carbocycles. The highest BCUT2D eigenvalue weighted by Gasteiger charge is 2.07. The average Bonchev–Trinajstić information content (AvgIpc) is 2.77. The second-order valence-electron chi connectivity index (χ2n) is 7.01. The number of amides is 1. The number of hydrogen-bond donors (Lipinski definition) is 1. The van der Waals surface area contributed by atoms with Crippen LogP contribution in [0.2, 0.25) is 0 Å². The fraction of sp³-hybridized carbons (Fsp3) is 0.280. The summed E-state index contributed by atoms with van der Waals surface area (Å²) in [5, 5.41) is 3.94. The molecule has 0 aliphatic rings. The van der Waals surface area contributed by atoms with E-state index in [0.29, 0.717) is 12.1 Å². The second kappa shape index (κ2) is 11.0. The van der Waals surface area contributed by atoms with E-state index >= 15 is 0 Å². The third-order valence-corrected chi connectivity index (χ3v) is 4.74. The first-order valence-corrected chi connectivity index (χ1v) is 10.2. The molecule has 0 unspecified atom stereocenters.